The van der Waals surface area contributed by atoms with Gasteiger partial charge in [-0.25, -0.2) is 4.98 Å². The first kappa shape index (κ1) is 9.65. The van der Waals surface area contributed by atoms with Crippen molar-refractivity contribution >= 4 is 17.2 Å². The number of hydrogen-bond donors (Lipinski definition) is 1. The van der Waals surface area contributed by atoms with Crippen molar-refractivity contribution in [1.82, 2.24) is 10.3 Å². The molecule has 14 heavy (non-hydrogen) atoms. The van der Waals surface area contributed by atoms with Crippen molar-refractivity contribution in [3.63, 3.8) is 0 Å². The summed E-state index contributed by atoms with van der Waals surface area (Å²) >= 11 is 1.65. The molecule has 0 aromatic carbocycles. The van der Waals surface area contributed by atoms with Crippen LogP contribution in [-0.2, 0) is 4.79 Å². The number of thiazole rings is 1. The number of hydrogen-bond acceptors (Lipinski definition) is 3. The third-order valence-electron chi connectivity index (χ3n) is 2.78. The number of aromatic nitrogens is 1. The van der Waals surface area contributed by atoms with Gasteiger partial charge < -0.3 is 5.32 Å². The van der Waals surface area contributed by atoms with E-state index in [9.17, 15) is 4.79 Å². The fraction of sp³-hybridized carbons (Fsp3) is 0.600. The highest BCUT2D eigenvalue weighted by molar-refractivity contribution is 7.09. The van der Waals surface area contributed by atoms with Gasteiger partial charge in [0.25, 0.3) is 0 Å². The minimum atomic E-state index is 0.0514. The quantitative estimate of drug-likeness (QED) is 0.766. The molecule has 0 radical (unpaired) electrons. The maximum absolute atomic E-state index is 11.4. The summed E-state index contributed by atoms with van der Waals surface area (Å²) in [5.41, 5.74) is 1.05. The summed E-state index contributed by atoms with van der Waals surface area (Å²) in [5, 5.41) is 6.08. The van der Waals surface area contributed by atoms with E-state index in [1.807, 2.05) is 26.2 Å². The molecule has 1 N–H and O–H groups in total. The molecule has 2 heterocycles. The van der Waals surface area contributed by atoms with Crippen LogP contribution in [0.15, 0.2) is 5.38 Å². The fourth-order valence-electron chi connectivity index (χ4n) is 1.99. The zero-order valence-electron chi connectivity index (χ0n) is 8.57. The topological polar surface area (TPSA) is 42.0 Å². The summed E-state index contributed by atoms with van der Waals surface area (Å²) < 4.78 is 0. The summed E-state index contributed by atoms with van der Waals surface area (Å²) in [4.78, 5) is 15.9. The van der Waals surface area contributed by atoms with Gasteiger partial charge in [0.2, 0.25) is 5.91 Å². The Morgan fingerprint density at radius 3 is 2.64 bits per heavy atom. The Hall–Kier alpha value is -0.900. The summed E-state index contributed by atoms with van der Waals surface area (Å²) in [6, 6.07) is 0.211. The first-order valence-electron chi connectivity index (χ1n) is 4.82. The summed E-state index contributed by atoms with van der Waals surface area (Å²) in [6.07, 6.45) is 0. The van der Waals surface area contributed by atoms with Crippen LogP contribution in [0.4, 0.5) is 0 Å². The van der Waals surface area contributed by atoms with Gasteiger partial charge in [-0.05, 0) is 13.8 Å². The average molecular weight is 210 g/mol. The van der Waals surface area contributed by atoms with Gasteiger partial charge in [0.15, 0.2) is 0 Å². The third-order valence-corrected chi connectivity index (χ3v) is 3.85. The molecular weight excluding hydrogens is 196 g/mol. The molecule has 2 rings (SSSR count). The minimum absolute atomic E-state index is 0.0514. The molecule has 0 bridgehead atoms. The number of nitrogens with one attached hydrogen (secondary N) is 1. The zero-order chi connectivity index (χ0) is 10.3. The standard InChI is InChI=1S/C10H14N2OS/c1-5-4-14-10(11-5)8-6(2)9(13)12-7(8)3/h4,6-8H,1-3H3,(H,12,13). The second kappa shape index (κ2) is 3.35. The molecule has 0 spiro atoms. The molecule has 76 valence electrons. The van der Waals surface area contributed by atoms with E-state index in [-0.39, 0.29) is 23.8 Å². The Morgan fingerprint density at radius 1 is 1.50 bits per heavy atom. The highest BCUT2D eigenvalue weighted by Crippen LogP contribution is 2.34. The SMILES string of the molecule is Cc1csc(C2C(C)NC(=O)C2C)n1. The van der Waals surface area contributed by atoms with Crippen LogP contribution in [0.1, 0.15) is 30.5 Å². The van der Waals surface area contributed by atoms with Crippen molar-refractivity contribution in [2.24, 2.45) is 5.92 Å². The van der Waals surface area contributed by atoms with Gasteiger partial charge in [0, 0.05) is 29.0 Å². The van der Waals surface area contributed by atoms with Crippen LogP contribution in [0.25, 0.3) is 0 Å². The Balaban J connectivity index is 2.30. The van der Waals surface area contributed by atoms with Crippen LogP contribution in [0.2, 0.25) is 0 Å². The van der Waals surface area contributed by atoms with Crippen LogP contribution >= 0.6 is 11.3 Å². The Kier molecular flexibility index (Phi) is 2.31. The summed E-state index contributed by atoms with van der Waals surface area (Å²) in [6.45, 7) is 6.00. The van der Waals surface area contributed by atoms with E-state index in [0.717, 1.165) is 10.7 Å². The number of rotatable bonds is 1. The molecule has 1 aromatic rings. The molecule has 1 aliphatic rings. The van der Waals surface area contributed by atoms with Crippen molar-refractivity contribution in [2.75, 3.05) is 0 Å². The van der Waals surface area contributed by atoms with Gasteiger partial charge >= 0.3 is 0 Å². The largest absolute Gasteiger partial charge is 0.353 e. The maximum atomic E-state index is 11.4. The van der Waals surface area contributed by atoms with Crippen molar-refractivity contribution in [1.29, 1.82) is 0 Å². The maximum Gasteiger partial charge on any atom is 0.223 e. The average Bonchev–Trinajstić information content (AvgIpc) is 2.60. The predicted octanol–water partition coefficient (Wildman–Crippen LogP) is 1.69. The normalized spacial score (nSPS) is 31.9. The highest BCUT2D eigenvalue weighted by atomic mass is 32.1. The van der Waals surface area contributed by atoms with Gasteiger partial charge in [-0.15, -0.1) is 11.3 Å². The molecule has 1 aliphatic heterocycles. The van der Waals surface area contributed by atoms with Crippen LogP contribution in [-0.4, -0.2) is 16.9 Å². The number of carbonyl (C=O) groups is 1. The molecule has 1 aromatic heterocycles. The molecule has 0 saturated carbocycles. The number of aryl methyl sites for hydroxylation is 1. The molecule has 1 saturated heterocycles. The lowest BCUT2D eigenvalue weighted by Gasteiger charge is -2.13. The molecule has 1 amide bonds. The molecule has 3 unspecified atom stereocenters. The number of nitrogens with zero attached hydrogens (tertiary/aromatic N) is 1. The van der Waals surface area contributed by atoms with Crippen molar-refractivity contribution in [3.8, 4) is 0 Å². The molecule has 3 nitrogen and oxygen atoms in total. The van der Waals surface area contributed by atoms with Crippen LogP contribution in [0.3, 0.4) is 0 Å². The first-order chi connectivity index (χ1) is 6.59. The van der Waals surface area contributed by atoms with Gasteiger partial charge in [-0.3, -0.25) is 4.79 Å². The van der Waals surface area contributed by atoms with Crippen LogP contribution < -0.4 is 5.32 Å². The van der Waals surface area contributed by atoms with E-state index < -0.39 is 0 Å². The lowest BCUT2D eigenvalue weighted by Crippen LogP contribution is -2.24. The van der Waals surface area contributed by atoms with E-state index in [2.05, 4.69) is 10.3 Å². The molecule has 3 atom stereocenters. The zero-order valence-corrected chi connectivity index (χ0v) is 9.39. The Morgan fingerprint density at radius 2 is 2.21 bits per heavy atom. The van der Waals surface area contributed by atoms with E-state index in [1.165, 1.54) is 0 Å². The van der Waals surface area contributed by atoms with Crippen LogP contribution in [0.5, 0.6) is 0 Å². The molecular formula is C10H14N2OS. The second-order valence-electron chi connectivity index (χ2n) is 3.94. The van der Waals surface area contributed by atoms with E-state index in [1.54, 1.807) is 11.3 Å². The summed E-state index contributed by atoms with van der Waals surface area (Å²) in [5.74, 6) is 0.451. The van der Waals surface area contributed by atoms with Gasteiger partial charge in [0.1, 0.15) is 0 Å². The Bertz CT molecular complexity index is 361. The first-order valence-corrected chi connectivity index (χ1v) is 5.70. The molecule has 1 fully saturated rings. The lowest BCUT2D eigenvalue weighted by atomic mass is 9.93. The van der Waals surface area contributed by atoms with Gasteiger partial charge in [0.05, 0.1) is 5.01 Å². The highest BCUT2D eigenvalue weighted by Gasteiger charge is 2.39. The van der Waals surface area contributed by atoms with E-state index in [0.29, 0.717) is 0 Å². The van der Waals surface area contributed by atoms with Crippen LogP contribution in [0, 0.1) is 12.8 Å². The van der Waals surface area contributed by atoms with E-state index in [4.69, 9.17) is 0 Å². The Labute approximate surface area is 87.6 Å². The predicted molar refractivity (Wildman–Crippen MR) is 56.4 cm³/mol. The van der Waals surface area contributed by atoms with Crippen molar-refractivity contribution < 1.29 is 4.79 Å². The van der Waals surface area contributed by atoms with E-state index >= 15 is 0 Å². The molecule has 4 heteroatoms. The second-order valence-corrected chi connectivity index (χ2v) is 4.83. The number of amides is 1. The van der Waals surface area contributed by atoms with Gasteiger partial charge in [-0.1, -0.05) is 6.92 Å². The fourth-order valence-corrected chi connectivity index (χ4v) is 3.10. The minimum Gasteiger partial charge on any atom is -0.353 e. The smallest absolute Gasteiger partial charge is 0.223 e. The lowest BCUT2D eigenvalue weighted by molar-refractivity contribution is -0.122. The van der Waals surface area contributed by atoms with Crippen molar-refractivity contribution in [3.05, 3.63) is 16.1 Å². The molecule has 0 aliphatic carbocycles. The third kappa shape index (κ3) is 1.43. The monoisotopic (exact) mass is 210 g/mol. The van der Waals surface area contributed by atoms with Gasteiger partial charge in [-0.2, -0.15) is 0 Å². The summed E-state index contributed by atoms with van der Waals surface area (Å²) in [7, 11) is 0. The van der Waals surface area contributed by atoms with Crippen molar-refractivity contribution in [2.45, 2.75) is 32.7 Å². The number of carbonyl (C=O) groups excluding carboxylic acids is 1.